The van der Waals surface area contributed by atoms with Crippen molar-refractivity contribution in [3.05, 3.63) is 39.7 Å². The Morgan fingerprint density at radius 2 is 1.75 bits per heavy atom. The molecule has 13 nitrogen and oxygen atoms in total. The van der Waals surface area contributed by atoms with E-state index in [0.29, 0.717) is 43.6 Å². The minimum atomic E-state index is -2.68. The number of hydrogen-bond acceptors (Lipinski definition) is 11. The Kier molecular flexibility index (Phi) is 8.02. The third-order valence-electron chi connectivity index (χ3n) is 9.86. The first-order chi connectivity index (χ1) is 20.6. The number of nitrogens with two attached hydrogens (primary N) is 1. The van der Waals surface area contributed by atoms with Crippen molar-refractivity contribution in [1.29, 1.82) is 0 Å². The molecule has 0 aromatic heterocycles. The molecular formula is C31H41N5O8. The second-order valence-corrected chi connectivity index (χ2v) is 12.8. The quantitative estimate of drug-likeness (QED) is 0.237. The highest BCUT2D eigenvalue weighted by Crippen LogP contribution is 2.54. The lowest BCUT2D eigenvalue weighted by molar-refractivity contribution is -0.153. The van der Waals surface area contributed by atoms with Gasteiger partial charge in [-0.3, -0.25) is 29.0 Å². The molecule has 13 heteroatoms. The number of phenolic OH excluding ortho intramolecular Hbond substituents is 1. The molecule has 238 valence electrons. The van der Waals surface area contributed by atoms with Crippen molar-refractivity contribution in [1.82, 2.24) is 15.1 Å². The molecule has 4 atom stereocenters. The number of carbonyl (C=O) groups is 4. The van der Waals surface area contributed by atoms with E-state index < -0.39 is 58.0 Å². The topological polar surface area (TPSA) is 197 Å². The van der Waals surface area contributed by atoms with Gasteiger partial charge in [0.1, 0.15) is 22.8 Å². The molecule has 2 amide bonds. The Bertz CT molecular complexity index is 1510. The molecule has 0 unspecified atom stereocenters. The van der Waals surface area contributed by atoms with Gasteiger partial charge in [0.25, 0.3) is 5.91 Å². The Morgan fingerprint density at radius 1 is 1.11 bits per heavy atom. The number of likely N-dealkylation sites (N-methyl/N-ethyl adjacent to an activating group) is 1. The average molecular weight is 612 g/mol. The molecule has 5 rings (SSSR count). The molecule has 1 heterocycles. The van der Waals surface area contributed by atoms with Gasteiger partial charge in [-0.05, 0) is 70.4 Å². The summed E-state index contributed by atoms with van der Waals surface area (Å²) in [5.41, 5.74) is 3.64. The third-order valence-corrected chi connectivity index (χ3v) is 9.86. The molecule has 7 N–H and O–H groups in total. The third kappa shape index (κ3) is 4.65. The number of Topliss-reactive ketones (excluding diaryl/α,β-unsaturated/α-hetero) is 2. The largest absolute Gasteiger partial charge is 0.508 e. The van der Waals surface area contributed by atoms with Crippen molar-refractivity contribution in [3.8, 4) is 5.75 Å². The summed E-state index contributed by atoms with van der Waals surface area (Å²) in [5, 5.41) is 48.9. The average Bonchev–Trinajstić information content (AvgIpc) is 2.95. The van der Waals surface area contributed by atoms with Gasteiger partial charge in [0.05, 0.1) is 11.6 Å². The summed E-state index contributed by atoms with van der Waals surface area (Å²) in [6.45, 7) is 1.60. The van der Waals surface area contributed by atoms with E-state index in [1.807, 2.05) is 25.1 Å². The first-order valence-electron chi connectivity index (χ1n) is 14.8. The first kappa shape index (κ1) is 31.5. The lowest BCUT2D eigenvalue weighted by Crippen LogP contribution is -2.65. The van der Waals surface area contributed by atoms with E-state index in [2.05, 4.69) is 10.2 Å². The van der Waals surface area contributed by atoms with Gasteiger partial charge in [-0.15, -0.1) is 0 Å². The van der Waals surface area contributed by atoms with Gasteiger partial charge in [-0.1, -0.05) is 0 Å². The number of aromatic hydroxyl groups is 1. The summed E-state index contributed by atoms with van der Waals surface area (Å²) >= 11 is 0. The van der Waals surface area contributed by atoms with Gasteiger partial charge >= 0.3 is 0 Å². The molecule has 3 aliphatic carbocycles. The number of amides is 2. The summed E-state index contributed by atoms with van der Waals surface area (Å²) in [6, 6.07) is 0.725. The number of anilines is 1. The molecule has 4 aliphatic rings. The number of nitrogens with zero attached hydrogens (tertiary/aromatic N) is 3. The molecule has 1 saturated heterocycles. The number of piperidine rings is 1. The van der Waals surface area contributed by atoms with Crippen LogP contribution in [0.4, 0.5) is 5.69 Å². The van der Waals surface area contributed by atoms with Gasteiger partial charge in [0.15, 0.2) is 11.4 Å². The summed E-state index contributed by atoms with van der Waals surface area (Å²) in [7, 11) is 8.42. The minimum Gasteiger partial charge on any atom is -0.508 e. The van der Waals surface area contributed by atoms with E-state index in [-0.39, 0.29) is 41.6 Å². The molecule has 1 aromatic rings. The number of likely N-dealkylation sites (tertiary alicyclic amines) is 1. The van der Waals surface area contributed by atoms with Crippen LogP contribution in [0.5, 0.6) is 5.75 Å². The SMILES string of the molecule is CNC(=O)C1CCN(Cc2cc(N(C)C)c3c(c2O)C(O)=C2C(=O)[C@]4(O)C(O)=C(C(N)=O)C(=O)[C@@H](N(C)C)[C@@H]4C[C@@H]2C3)CC1. The molecule has 44 heavy (non-hydrogen) atoms. The van der Waals surface area contributed by atoms with Crippen molar-refractivity contribution < 1.29 is 39.6 Å². The van der Waals surface area contributed by atoms with Crippen LogP contribution in [-0.4, -0.2) is 114 Å². The Morgan fingerprint density at radius 3 is 2.30 bits per heavy atom. The number of hydrogen-bond donors (Lipinski definition) is 6. The number of benzene rings is 1. The summed E-state index contributed by atoms with van der Waals surface area (Å²) in [5.74, 6) is -6.77. The van der Waals surface area contributed by atoms with Gasteiger partial charge < -0.3 is 36.4 Å². The van der Waals surface area contributed by atoms with E-state index in [1.54, 1.807) is 21.1 Å². The normalized spacial score (nSPS) is 27.7. The van der Waals surface area contributed by atoms with Gasteiger partial charge in [-0.2, -0.15) is 0 Å². The Balaban J connectivity index is 1.60. The molecule has 1 aromatic carbocycles. The fourth-order valence-electron chi connectivity index (χ4n) is 7.66. The van der Waals surface area contributed by atoms with Crippen LogP contribution in [0.1, 0.15) is 36.0 Å². The van der Waals surface area contributed by atoms with Crippen LogP contribution >= 0.6 is 0 Å². The number of aliphatic hydroxyl groups is 3. The number of ketones is 2. The molecule has 0 spiro atoms. The van der Waals surface area contributed by atoms with E-state index in [1.165, 1.54) is 4.90 Å². The highest BCUT2D eigenvalue weighted by atomic mass is 16.3. The molecule has 1 aliphatic heterocycles. The molecule has 0 bridgehead atoms. The van der Waals surface area contributed by atoms with Crippen LogP contribution in [0.15, 0.2) is 23.0 Å². The molecule has 2 fully saturated rings. The maximum Gasteiger partial charge on any atom is 0.255 e. The lowest BCUT2D eigenvalue weighted by atomic mass is 9.57. The zero-order valence-electron chi connectivity index (χ0n) is 25.7. The lowest BCUT2D eigenvalue weighted by Gasteiger charge is -2.50. The Labute approximate surface area is 255 Å². The number of nitrogens with one attached hydrogen (secondary N) is 1. The van der Waals surface area contributed by atoms with Crippen LogP contribution in [0.3, 0.4) is 0 Å². The Hall–Kier alpha value is -3.94. The monoisotopic (exact) mass is 611 g/mol. The van der Waals surface area contributed by atoms with Crippen molar-refractivity contribution in [3.63, 3.8) is 0 Å². The number of primary amides is 1. The number of aliphatic hydroxyl groups excluding tert-OH is 2. The van der Waals surface area contributed by atoms with E-state index in [9.17, 15) is 39.6 Å². The predicted molar refractivity (Wildman–Crippen MR) is 161 cm³/mol. The van der Waals surface area contributed by atoms with Crippen molar-refractivity contribution in [2.24, 2.45) is 23.5 Å². The smallest absolute Gasteiger partial charge is 0.255 e. The molecule has 1 saturated carbocycles. The first-order valence-corrected chi connectivity index (χ1v) is 14.8. The van der Waals surface area contributed by atoms with Crippen molar-refractivity contribution in [2.75, 3.05) is 53.2 Å². The van der Waals surface area contributed by atoms with Gasteiger partial charge in [0.2, 0.25) is 11.7 Å². The standard InChI is InChI=1S/C31H41N5O8/c1-33-30(43)14-6-8-36(9-7-14)13-16-12-19(34(2)3)17-10-15-11-18-23(35(4)5)26(39)22(29(32)42)28(41)31(18,44)27(40)20(15)25(38)21(17)24(16)37/h12,14-15,18,23,37-38,41,44H,6-11,13H2,1-5H3,(H2,32,42)(H,33,43)/t15-,18-,23-,31-/m0/s1. The number of rotatable bonds is 6. The van der Waals surface area contributed by atoms with Crippen LogP contribution in [-0.2, 0) is 32.1 Å². The molecular weight excluding hydrogens is 570 g/mol. The highest BCUT2D eigenvalue weighted by Gasteiger charge is 2.64. The highest BCUT2D eigenvalue weighted by molar-refractivity contribution is 6.24. The predicted octanol–water partition coefficient (Wildman–Crippen LogP) is -0.0120. The maximum absolute atomic E-state index is 14.2. The summed E-state index contributed by atoms with van der Waals surface area (Å²) in [4.78, 5) is 57.2. The summed E-state index contributed by atoms with van der Waals surface area (Å²) < 4.78 is 0. The van der Waals surface area contributed by atoms with Crippen LogP contribution < -0.4 is 16.0 Å². The fourth-order valence-corrected chi connectivity index (χ4v) is 7.66. The summed E-state index contributed by atoms with van der Waals surface area (Å²) in [6.07, 6.45) is 1.57. The van der Waals surface area contributed by atoms with E-state index in [0.717, 1.165) is 5.69 Å². The number of phenols is 1. The zero-order chi connectivity index (χ0) is 32.4. The van der Waals surface area contributed by atoms with Gasteiger partial charge in [0, 0.05) is 56.3 Å². The fraction of sp³-hybridized carbons (Fsp3) is 0.548. The zero-order valence-corrected chi connectivity index (χ0v) is 25.7. The number of fused-ring (bicyclic) bond motifs is 3. The van der Waals surface area contributed by atoms with E-state index in [4.69, 9.17) is 5.73 Å². The minimum absolute atomic E-state index is 0.00591. The molecule has 0 radical (unpaired) electrons. The van der Waals surface area contributed by atoms with Crippen LogP contribution in [0, 0.1) is 17.8 Å². The second-order valence-electron chi connectivity index (χ2n) is 12.8. The van der Waals surface area contributed by atoms with Gasteiger partial charge in [-0.25, -0.2) is 0 Å². The van der Waals surface area contributed by atoms with E-state index >= 15 is 0 Å². The van der Waals surface area contributed by atoms with Crippen molar-refractivity contribution in [2.45, 2.75) is 43.9 Å². The number of carbonyl (C=O) groups excluding carboxylic acids is 4. The van der Waals surface area contributed by atoms with Crippen molar-refractivity contribution >= 4 is 34.8 Å². The maximum atomic E-state index is 14.2. The second kappa shape index (κ2) is 11.2. The van der Waals surface area contributed by atoms with Crippen LogP contribution in [0.2, 0.25) is 0 Å². The van der Waals surface area contributed by atoms with Crippen LogP contribution in [0.25, 0.3) is 5.76 Å².